The molecule has 3 rings (SSSR count). The van der Waals surface area contributed by atoms with Crippen molar-refractivity contribution in [3.05, 3.63) is 0 Å². The van der Waals surface area contributed by atoms with Crippen molar-refractivity contribution in [2.24, 2.45) is 22.2 Å². The molecule has 0 spiro atoms. The molecule has 2 aliphatic heterocycles. The van der Waals surface area contributed by atoms with Crippen LogP contribution in [0.25, 0.3) is 0 Å². The number of likely N-dealkylation sites (tertiary alicyclic amines) is 1. The van der Waals surface area contributed by atoms with Gasteiger partial charge in [0.15, 0.2) is 5.96 Å². The number of ether oxygens (including phenoxy) is 1. The molecule has 3 fully saturated rings. The van der Waals surface area contributed by atoms with Gasteiger partial charge >= 0.3 is 0 Å². The van der Waals surface area contributed by atoms with Crippen LogP contribution in [0.2, 0.25) is 0 Å². The van der Waals surface area contributed by atoms with Crippen LogP contribution < -0.4 is 10.6 Å². The molecular formula is C20H39IN4O. The van der Waals surface area contributed by atoms with Gasteiger partial charge in [-0.05, 0) is 39.5 Å². The fraction of sp³-hybridized carbons (Fsp3) is 0.950. The predicted molar refractivity (Wildman–Crippen MR) is 119 cm³/mol. The molecule has 5 nitrogen and oxygen atoms in total. The van der Waals surface area contributed by atoms with Gasteiger partial charge in [0.05, 0.1) is 6.10 Å². The summed E-state index contributed by atoms with van der Waals surface area (Å²) in [6, 6.07) is 1.54. The maximum atomic E-state index is 6.05. The SMILES string of the molecule is CCN=C(NC1CN(C(C)C)CC1C)NC1C2CCCOC2C1(C)C.I. The Kier molecular flexibility index (Phi) is 7.64. The smallest absolute Gasteiger partial charge is 0.191 e. The predicted octanol–water partition coefficient (Wildman–Crippen LogP) is 3.09. The van der Waals surface area contributed by atoms with E-state index in [2.05, 4.69) is 57.1 Å². The largest absolute Gasteiger partial charge is 0.377 e. The molecule has 0 aromatic carbocycles. The van der Waals surface area contributed by atoms with Gasteiger partial charge in [-0.15, -0.1) is 24.0 Å². The van der Waals surface area contributed by atoms with E-state index < -0.39 is 0 Å². The molecule has 6 heteroatoms. The highest BCUT2D eigenvalue weighted by Crippen LogP contribution is 2.51. The van der Waals surface area contributed by atoms with Crippen LogP contribution in [0.1, 0.15) is 54.4 Å². The van der Waals surface area contributed by atoms with Crippen LogP contribution in [0.15, 0.2) is 4.99 Å². The van der Waals surface area contributed by atoms with Gasteiger partial charge in [0.2, 0.25) is 0 Å². The number of hydrogen-bond acceptors (Lipinski definition) is 3. The lowest BCUT2D eigenvalue weighted by Gasteiger charge is -2.60. The molecule has 0 radical (unpaired) electrons. The molecule has 5 atom stereocenters. The molecule has 0 bridgehead atoms. The summed E-state index contributed by atoms with van der Waals surface area (Å²) >= 11 is 0. The lowest BCUT2D eigenvalue weighted by Crippen LogP contribution is -2.71. The van der Waals surface area contributed by atoms with Crippen molar-refractivity contribution in [1.82, 2.24) is 15.5 Å². The average molecular weight is 478 g/mol. The molecular weight excluding hydrogens is 439 g/mol. The molecule has 152 valence electrons. The first-order chi connectivity index (χ1) is 11.8. The summed E-state index contributed by atoms with van der Waals surface area (Å²) in [5, 5.41) is 7.52. The minimum absolute atomic E-state index is 0. The van der Waals surface area contributed by atoms with E-state index in [0.717, 1.165) is 25.7 Å². The number of nitrogens with one attached hydrogen (secondary N) is 2. The van der Waals surface area contributed by atoms with Crippen molar-refractivity contribution in [1.29, 1.82) is 0 Å². The van der Waals surface area contributed by atoms with Crippen LogP contribution >= 0.6 is 24.0 Å². The van der Waals surface area contributed by atoms with E-state index in [-0.39, 0.29) is 29.4 Å². The Morgan fingerprint density at radius 3 is 2.62 bits per heavy atom. The number of nitrogens with zero attached hydrogens (tertiary/aromatic N) is 2. The second kappa shape index (κ2) is 8.95. The van der Waals surface area contributed by atoms with E-state index >= 15 is 0 Å². The van der Waals surface area contributed by atoms with Gasteiger partial charge in [0.25, 0.3) is 0 Å². The van der Waals surface area contributed by atoms with Gasteiger partial charge in [-0.25, -0.2) is 0 Å². The Bertz CT molecular complexity index is 496. The van der Waals surface area contributed by atoms with Crippen molar-refractivity contribution < 1.29 is 4.74 Å². The van der Waals surface area contributed by atoms with E-state index in [1.54, 1.807) is 0 Å². The van der Waals surface area contributed by atoms with E-state index in [1.807, 2.05) is 0 Å². The molecule has 5 unspecified atom stereocenters. The minimum Gasteiger partial charge on any atom is -0.377 e. The first-order valence-corrected chi connectivity index (χ1v) is 10.3. The summed E-state index contributed by atoms with van der Waals surface area (Å²) in [4.78, 5) is 7.31. The molecule has 0 aromatic heterocycles. The van der Waals surface area contributed by atoms with E-state index in [0.29, 0.717) is 36.1 Å². The Labute approximate surface area is 177 Å². The highest BCUT2D eigenvalue weighted by atomic mass is 127. The Hall–Kier alpha value is -0.0800. The molecule has 26 heavy (non-hydrogen) atoms. The fourth-order valence-corrected chi connectivity index (χ4v) is 5.04. The van der Waals surface area contributed by atoms with Crippen LogP contribution in [0.5, 0.6) is 0 Å². The summed E-state index contributed by atoms with van der Waals surface area (Å²) < 4.78 is 6.05. The Balaban J connectivity index is 0.00000243. The van der Waals surface area contributed by atoms with Crippen molar-refractivity contribution in [2.45, 2.75) is 78.6 Å². The van der Waals surface area contributed by atoms with Gasteiger partial charge in [-0.2, -0.15) is 0 Å². The van der Waals surface area contributed by atoms with Gasteiger partial charge in [0.1, 0.15) is 0 Å². The monoisotopic (exact) mass is 478 g/mol. The number of hydrogen-bond donors (Lipinski definition) is 2. The molecule has 2 saturated heterocycles. The van der Waals surface area contributed by atoms with E-state index in [1.165, 1.54) is 19.4 Å². The quantitative estimate of drug-likeness (QED) is 0.371. The van der Waals surface area contributed by atoms with Crippen molar-refractivity contribution >= 4 is 29.9 Å². The number of aliphatic imine (C=N–C) groups is 1. The summed E-state index contributed by atoms with van der Waals surface area (Å²) in [6.45, 7) is 17.7. The topological polar surface area (TPSA) is 48.9 Å². The van der Waals surface area contributed by atoms with Gasteiger partial charge in [0, 0.05) is 55.7 Å². The lowest BCUT2D eigenvalue weighted by atomic mass is 9.55. The molecule has 3 aliphatic rings. The Morgan fingerprint density at radius 2 is 2.00 bits per heavy atom. The molecule has 0 amide bonds. The highest BCUT2D eigenvalue weighted by molar-refractivity contribution is 14.0. The van der Waals surface area contributed by atoms with Crippen LogP contribution in [-0.2, 0) is 4.74 Å². The van der Waals surface area contributed by atoms with Crippen molar-refractivity contribution in [3.63, 3.8) is 0 Å². The molecule has 0 aromatic rings. The van der Waals surface area contributed by atoms with Gasteiger partial charge in [-0.1, -0.05) is 20.8 Å². The van der Waals surface area contributed by atoms with Gasteiger partial charge < -0.3 is 15.4 Å². The number of fused-ring (bicyclic) bond motifs is 1. The standard InChI is InChI=1S/C20H38N4O.HI/c1-7-21-19(22-16-12-24(13(2)3)11-14(16)4)23-17-15-9-8-10-25-18(15)20(17,5)6;/h13-18H,7-12H2,1-6H3,(H2,21,22,23);1H. The summed E-state index contributed by atoms with van der Waals surface area (Å²) in [7, 11) is 0. The van der Waals surface area contributed by atoms with E-state index in [9.17, 15) is 0 Å². The summed E-state index contributed by atoms with van der Waals surface area (Å²) in [5.41, 5.74) is 0.173. The Morgan fingerprint density at radius 1 is 1.27 bits per heavy atom. The second-order valence-corrected chi connectivity index (χ2v) is 9.14. The molecule has 1 aliphatic carbocycles. The van der Waals surface area contributed by atoms with Gasteiger partial charge in [-0.3, -0.25) is 9.89 Å². The molecule has 2 heterocycles. The van der Waals surface area contributed by atoms with Crippen LogP contribution in [-0.4, -0.2) is 61.3 Å². The normalized spacial score (nSPS) is 36.9. The average Bonchev–Trinajstić information content (AvgIpc) is 2.94. The zero-order valence-corrected chi connectivity index (χ0v) is 19.7. The number of rotatable bonds is 4. The zero-order chi connectivity index (χ0) is 18.2. The highest BCUT2D eigenvalue weighted by Gasteiger charge is 2.58. The third kappa shape index (κ3) is 4.32. The third-order valence-electron chi connectivity index (χ3n) is 6.63. The van der Waals surface area contributed by atoms with Crippen LogP contribution in [0, 0.1) is 17.3 Å². The summed E-state index contributed by atoms with van der Waals surface area (Å²) in [5.74, 6) is 2.26. The summed E-state index contributed by atoms with van der Waals surface area (Å²) in [6.07, 6.45) is 2.86. The van der Waals surface area contributed by atoms with Crippen molar-refractivity contribution in [3.8, 4) is 0 Å². The van der Waals surface area contributed by atoms with Crippen LogP contribution in [0.3, 0.4) is 0 Å². The first kappa shape index (κ1) is 22.2. The van der Waals surface area contributed by atoms with E-state index in [4.69, 9.17) is 9.73 Å². The fourth-order valence-electron chi connectivity index (χ4n) is 5.04. The first-order valence-electron chi connectivity index (χ1n) is 10.3. The number of guanidine groups is 1. The number of halogens is 1. The maximum Gasteiger partial charge on any atom is 0.191 e. The maximum absolute atomic E-state index is 6.05. The van der Waals surface area contributed by atoms with Crippen molar-refractivity contribution in [2.75, 3.05) is 26.2 Å². The molecule has 2 N–H and O–H groups in total. The van der Waals surface area contributed by atoms with Crippen LogP contribution in [0.4, 0.5) is 0 Å². The third-order valence-corrected chi connectivity index (χ3v) is 6.63. The molecule has 1 saturated carbocycles. The second-order valence-electron chi connectivity index (χ2n) is 9.14. The lowest BCUT2D eigenvalue weighted by molar-refractivity contribution is -0.188. The zero-order valence-electron chi connectivity index (χ0n) is 17.4. The minimum atomic E-state index is 0.